The van der Waals surface area contributed by atoms with Crippen molar-refractivity contribution in [3.63, 3.8) is 0 Å². The van der Waals surface area contributed by atoms with E-state index < -0.39 is 22.7 Å². The fourth-order valence-electron chi connectivity index (χ4n) is 3.71. The Morgan fingerprint density at radius 3 is 2.14 bits per heavy atom. The second-order valence-electron chi connectivity index (χ2n) is 8.93. The number of amides is 3. The average Bonchev–Trinajstić information content (AvgIpc) is 3.01. The molecule has 0 aromatic heterocycles. The van der Waals surface area contributed by atoms with Gasteiger partial charge >= 0.3 is 5.97 Å². The van der Waals surface area contributed by atoms with Crippen LogP contribution in [0.3, 0.4) is 0 Å². The van der Waals surface area contributed by atoms with Crippen LogP contribution in [0, 0.1) is 10.1 Å². The molecule has 0 aliphatic carbocycles. The molecule has 0 saturated carbocycles. The average molecular weight is 597 g/mol. The van der Waals surface area contributed by atoms with Gasteiger partial charge in [0.05, 0.1) is 16.2 Å². The van der Waals surface area contributed by atoms with Crippen molar-refractivity contribution < 1.29 is 29.2 Å². The largest absolute Gasteiger partial charge is 0.478 e. The summed E-state index contributed by atoms with van der Waals surface area (Å²) in [6, 6.07) is 26.4. The number of hydrogen-bond acceptors (Lipinski definition) is 7. The Morgan fingerprint density at radius 2 is 1.49 bits per heavy atom. The molecule has 43 heavy (non-hydrogen) atoms. The number of nitrogens with zero attached hydrogens (tertiary/aromatic N) is 1. The summed E-state index contributed by atoms with van der Waals surface area (Å²) in [6.45, 7) is 0. The molecule has 0 aliphatic heterocycles. The Bertz CT molecular complexity index is 1690. The van der Waals surface area contributed by atoms with Crippen LogP contribution in [0.2, 0.25) is 0 Å². The first kappa shape index (κ1) is 30.2. The third kappa shape index (κ3) is 8.87. The van der Waals surface area contributed by atoms with Gasteiger partial charge in [0.15, 0.2) is 0 Å². The van der Waals surface area contributed by atoms with Crippen molar-refractivity contribution in [2.45, 2.75) is 4.90 Å². The fraction of sp³-hybridized carbons (Fsp3) is 0.0323. The van der Waals surface area contributed by atoms with Crippen molar-refractivity contribution in [3.05, 3.63) is 136 Å². The van der Waals surface area contributed by atoms with E-state index in [1.807, 2.05) is 0 Å². The minimum absolute atomic E-state index is 0.0521. The number of carboxylic acids is 1. The summed E-state index contributed by atoms with van der Waals surface area (Å²) in [6.07, 6.45) is 1.41. The maximum Gasteiger partial charge on any atom is 0.335 e. The van der Waals surface area contributed by atoms with E-state index in [4.69, 9.17) is 5.11 Å². The van der Waals surface area contributed by atoms with Gasteiger partial charge in [-0.15, -0.1) is 11.8 Å². The van der Waals surface area contributed by atoms with E-state index in [2.05, 4.69) is 16.0 Å². The number of benzene rings is 4. The molecule has 0 aliphatic rings. The van der Waals surface area contributed by atoms with Gasteiger partial charge in [-0.05, 0) is 78.4 Å². The van der Waals surface area contributed by atoms with Gasteiger partial charge in [-0.1, -0.05) is 24.3 Å². The lowest BCUT2D eigenvalue weighted by atomic mass is 10.1. The van der Waals surface area contributed by atoms with E-state index in [0.717, 1.165) is 0 Å². The predicted octanol–water partition coefficient (Wildman–Crippen LogP) is 5.43. The molecule has 0 unspecified atom stereocenters. The molecular formula is C31H24N4O7S. The second-order valence-corrected chi connectivity index (χ2v) is 9.98. The lowest BCUT2D eigenvalue weighted by molar-refractivity contribution is -0.384. The van der Waals surface area contributed by atoms with Crippen LogP contribution >= 0.6 is 11.8 Å². The minimum Gasteiger partial charge on any atom is -0.478 e. The smallest absolute Gasteiger partial charge is 0.335 e. The zero-order valence-electron chi connectivity index (χ0n) is 22.4. The zero-order valence-corrected chi connectivity index (χ0v) is 23.2. The van der Waals surface area contributed by atoms with Crippen LogP contribution in [-0.2, 0) is 9.59 Å². The molecule has 0 bridgehead atoms. The summed E-state index contributed by atoms with van der Waals surface area (Å²) < 4.78 is 0. The Hall–Kier alpha value is -5.75. The second kappa shape index (κ2) is 14.2. The lowest BCUT2D eigenvalue weighted by Crippen LogP contribution is -2.30. The van der Waals surface area contributed by atoms with Crippen molar-refractivity contribution >= 4 is 58.6 Å². The molecular weight excluding hydrogens is 572 g/mol. The summed E-state index contributed by atoms with van der Waals surface area (Å²) in [5.41, 5.74) is 1.56. The highest BCUT2D eigenvalue weighted by Gasteiger charge is 2.16. The normalized spacial score (nSPS) is 10.8. The Balaban J connectivity index is 1.44. The third-order valence-corrected chi connectivity index (χ3v) is 6.81. The van der Waals surface area contributed by atoms with Crippen LogP contribution in [0.15, 0.2) is 114 Å². The first-order valence-electron chi connectivity index (χ1n) is 12.7. The molecule has 11 nitrogen and oxygen atoms in total. The van der Waals surface area contributed by atoms with Gasteiger partial charge < -0.3 is 21.1 Å². The highest BCUT2D eigenvalue weighted by molar-refractivity contribution is 8.00. The quantitative estimate of drug-likeness (QED) is 0.0769. The number of rotatable bonds is 11. The van der Waals surface area contributed by atoms with Gasteiger partial charge in [0, 0.05) is 34.0 Å². The molecule has 4 rings (SSSR count). The van der Waals surface area contributed by atoms with Gasteiger partial charge in [0.25, 0.3) is 17.5 Å². The SMILES string of the molecule is O=C(CSc1cccc(NC(=O)/C(=C\c2ccc([N+](=O)[O-])cc2)NC(=O)c2ccccc2)c1)Nc1ccc(C(=O)O)cc1. The van der Waals surface area contributed by atoms with Crippen LogP contribution in [0.5, 0.6) is 0 Å². The molecule has 0 saturated heterocycles. The molecule has 3 amide bonds. The number of carbonyl (C=O) groups excluding carboxylic acids is 3. The standard InChI is InChI=1S/C31H24N4O7S/c36-28(32-23-13-11-22(12-14-23)31(39)40)19-43-26-8-4-7-24(18-26)33-30(38)27(34-29(37)21-5-2-1-3-6-21)17-20-9-15-25(16-10-20)35(41)42/h1-18H,19H2,(H,32,36)(H,33,38)(H,34,37)(H,39,40)/b27-17+. The number of carbonyl (C=O) groups is 4. The van der Waals surface area contributed by atoms with Gasteiger partial charge in [0.2, 0.25) is 5.91 Å². The molecule has 0 radical (unpaired) electrons. The number of aromatic carboxylic acids is 1. The number of carboxylic acid groups (broad SMARTS) is 1. The number of nitro benzene ring substituents is 1. The minimum atomic E-state index is -1.06. The molecule has 0 heterocycles. The summed E-state index contributed by atoms with van der Waals surface area (Å²) in [4.78, 5) is 60.7. The van der Waals surface area contributed by atoms with Crippen molar-refractivity contribution in [3.8, 4) is 0 Å². The zero-order chi connectivity index (χ0) is 30.8. The van der Waals surface area contributed by atoms with Gasteiger partial charge in [-0.25, -0.2) is 4.79 Å². The molecule has 12 heteroatoms. The van der Waals surface area contributed by atoms with Crippen molar-refractivity contribution in [1.29, 1.82) is 0 Å². The van der Waals surface area contributed by atoms with Crippen LogP contribution in [0.4, 0.5) is 17.1 Å². The monoisotopic (exact) mass is 596 g/mol. The van der Waals surface area contributed by atoms with Crippen LogP contribution < -0.4 is 16.0 Å². The first-order valence-corrected chi connectivity index (χ1v) is 13.7. The Kier molecular flexibility index (Phi) is 10.0. The van der Waals surface area contributed by atoms with E-state index in [-0.39, 0.29) is 28.6 Å². The van der Waals surface area contributed by atoms with E-state index >= 15 is 0 Å². The van der Waals surface area contributed by atoms with Gasteiger partial charge in [0.1, 0.15) is 5.70 Å². The van der Waals surface area contributed by atoms with Crippen LogP contribution in [-0.4, -0.2) is 39.5 Å². The predicted molar refractivity (Wildman–Crippen MR) is 163 cm³/mol. The summed E-state index contributed by atoms with van der Waals surface area (Å²) >= 11 is 1.22. The van der Waals surface area contributed by atoms with Gasteiger partial charge in [-0.3, -0.25) is 24.5 Å². The number of nitro groups is 1. The highest BCUT2D eigenvalue weighted by Crippen LogP contribution is 2.23. The molecule has 0 atom stereocenters. The maximum atomic E-state index is 13.3. The number of nitrogens with one attached hydrogen (secondary N) is 3. The summed E-state index contributed by atoms with van der Waals surface area (Å²) in [5, 5.41) is 28.0. The van der Waals surface area contributed by atoms with Gasteiger partial charge in [-0.2, -0.15) is 0 Å². The first-order chi connectivity index (χ1) is 20.7. The number of hydrogen-bond donors (Lipinski definition) is 4. The van der Waals surface area contributed by atoms with E-state index in [1.165, 1.54) is 66.4 Å². The lowest BCUT2D eigenvalue weighted by Gasteiger charge is -2.12. The topological polar surface area (TPSA) is 168 Å². The molecule has 4 N–H and O–H groups in total. The van der Waals surface area contributed by atoms with Crippen LogP contribution in [0.25, 0.3) is 6.08 Å². The van der Waals surface area contributed by atoms with Crippen molar-refractivity contribution in [2.75, 3.05) is 16.4 Å². The summed E-state index contributed by atoms with van der Waals surface area (Å²) in [7, 11) is 0. The molecule has 4 aromatic rings. The third-order valence-electron chi connectivity index (χ3n) is 5.82. The highest BCUT2D eigenvalue weighted by atomic mass is 32.2. The van der Waals surface area contributed by atoms with E-state index in [1.54, 1.807) is 54.6 Å². The molecule has 0 spiro atoms. The van der Waals surface area contributed by atoms with E-state index in [9.17, 15) is 29.3 Å². The summed E-state index contributed by atoms with van der Waals surface area (Å²) in [5.74, 6) is -2.46. The fourth-order valence-corrected chi connectivity index (χ4v) is 4.46. The van der Waals surface area contributed by atoms with Crippen LogP contribution in [0.1, 0.15) is 26.3 Å². The van der Waals surface area contributed by atoms with E-state index in [0.29, 0.717) is 27.4 Å². The Labute approximate surface area is 249 Å². The number of non-ortho nitro benzene ring substituents is 1. The molecule has 216 valence electrons. The maximum absolute atomic E-state index is 13.3. The molecule has 0 fully saturated rings. The van der Waals surface area contributed by atoms with Crippen molar-refractivity contribution in [1.82, 2.24) is 5.32 Å². The Morgan fingerprint density at radius 1 is 0.791 bits per heavy atom. The number of thioether (sulfide) groups is 1. The van der Waals surface area contributed by atoms with Crippen molar-refractivity contribution in [2.24, 2.45) is 0 Å². The number of anilines is 2. The molecule has 4 aromatic carbocycles.